The van der Waals surface area contributed by atoms with Crippen molar-refractivity contribution in [2.45, 2.75) is 39.0 Å². The zero-order valence-electron chi connectivity index (χ0n) is 10.6. The lowest BCUT2D eigenvalue weighted by Crippen LogP contribution is -2.47. The van der Waals surface area contributed by atoms with E-state index in [1.165, 1.54) is 0 Å². The van der Waals surface area contributed by atoms with E-state index < -0.39 is 6.10 Å². The molecule has 1 aliphatic heterocycles. The second-order valence-corrected chi connectivity index (χ2v) is 4.77. The van der Waals surface area contributed by atoms with Crippen LogP contribution in [0.4, 0.5) is 5.82 Å². The summed E-state index contributed by atoms with van der Waals surface area (Å²) in [5.74, 6) is 0.922. The fourth-order valence-corrected chi connectivity index (χ4v) is 2.07. The molecular formula is C13H20N2O2. The lowest BCUT2D eigenvalue weighted by Gasteiger charge is -2.37. The predicted molar refractivity (Wildman–Crippen MR) is 67.1 cm³/mol. The first-order valence-electron chi connectivity index (χ1n) is 6.10. The van der Waals surface area contributed by atoms with Gasteiger partial charge in [0, 0.05) is 12.7 Å². The third kappa shape index (κ3) is 2.76. The minimum absolute atomic E-state index is 0.225. The smallest absolute Gasteiger partial charge is 0.129 e. The Kier molecular flexibility index (Phi) is 3.64. The molecule has 2 unspecified atom stereocenters. The van der Waals surface area contributed by atoms with Crippen LogP contribution in [0.2, 0.25) is 0 Å². The minimum atomic E-state index is -0.453. The summed E-state index contributed by atoms with van der Waals surface area (Å²) < 4.78 is 5.60. The fraction of sp³-hybridized carbons (Fsp3) is 0.615. The highest BCUT2D eigenvalue weighted by atomic mass is 16.5. The number of hydrogen-bond acceptors (Lipinski definition) is 4. The van der Waals surface area contributed by atoms with Crippen molar-refractivity contribution < 1.29 is 9.84 Å². The molecule has 0 aliphatic carbocycles. The summed E-state index contributed by atoms with van der Waals surface area (Å²) in [5, 5.41) is 9.59. The Morgan fingerprint density at radius 2 is 2.29 bits per heavy atom. The zero-order valence-corrected chi connectivity index (χ0v) is 10.6. The van der Waals surface area contributed by atoms with Crippen molar-refractivity contribution in [3.8, 4) is 0 Å². The molecule has 4 heteroatoms. The van der Waals surface area contributed by atoms with Crippen molar-refractivity contribution in [3.05, 3.63) is 23.9 Å². The van der Waals surface area contributed by atoms with Gasteiger partial charge in [0.1, 0.15) is 5.82 Å². The van der Waals surface area contributed by atoms with Crippen LogP contribution in [0.5, 0.6) is 0 Å². The molecule has 1 N–H and O–H groups in total. The van der Waals surface area contributed by atoms with Crippen LogP contribution >= 0.6 is 0 Å². The van der Waals surface area contributed by atoms with Crippen LogP contribution in [-0.4, -0.2) is 35.4 Å². The average molecular weight is 236 g/mol. The Morgan fingerprint density at radius 3 is 3.00 bits per heavy atom. The molecule has 2 rings (SSSR count). The van der Waals surface area contributed by atoms with Crippen molar-refractivity contribution in [2.75, 3.05) is 18.1 Å². The van der Waals surface area contributed by atoms with Crippen molar-refractivity contribution in [1.82, 2.24) is 4.98 Å². The van der Waals surface area contributed by atoms with Gasteiger partial charge in [-0.05, 0) is 38.5 Å². The summed E-state index contributed by atoms with van der Waals surface area (Å²) in [4.78, 5) is 6.63. The van der Waals surface area contributed by atoms with Gasteiger partial charge in [-0.1, -0.05) is 0 Å². The summed E-state index contributed by atoms with van der Waals surface area (Å²) in [6.07, 6.45) is 1.53. The lowest BCUT2D eigenvalue weighted by molar-refractivity contribution is 0.0340. The first-order chi connectivity index (χ1) is 8.08. The summed E-state index contributed by atoms with van der Waals surface area (Å²) in [7, 11) is 0. The number of nitrogens with zero attached hydrogens (tertiary/aromatic N) is 2. The molecule has 94 valence electrons. The molecule has 0 radical (unpaired) electrons. The van der Waals surface area contributed by atoms with Crippen LogP contribution in [0.15, 0.2) is 18.3 Å². The Bertz CT molecular complexity index is 381. The molecule has 4 nitrogen and oxygen atoms in total. The number of aliphatic hydroxyl groups excluding tert-OH is 1. The zero-order chi connectivity index (χ0) is 12.4. The van der Waals surface area contributed by atoms with E-state index in [4.69, 9.17) is 4.74 Å². The molecule has 1 aromatic rings. The van der Waals surface area contributed by atoms with Crippen LogP contribution in [0, 0.1) is 0 Å². The molecule has 1 fully saturated rings. The topological polar surface area (TPSA) is 45.6 Å². The van der Waals surface area contributed by atoms with Gasteiger partial charge in [0.05, 0.1) is 24.9 Å². The maximum atomic E-state index is 9.59. The normalized spacial score (nSPS) is 26.9. The van der Waals surface area contributed by atoms with E-state index in [1.807, 2.05) is 12.1 Å². The molecule has 0 spiro atoms. The van der Waals surface area contributed by atoms with Crippen LogP contribution < -0.4 is 4.90 Å². The Labute approximate surface area is 102 Å². The highest BCUT2D eigenvalue weighted by Gasteiger charge is 2.24. The number of aliphatic hydroxyl groups is 1. The van der Waals surface area contributed by atoms with Gasteiger partial charge in [-0.15, -0.1) is 0 Å². The molecule has 0 aromatic carbocycles. The molecule has 1 saturated heterocycles. The largest absolute Gasteiger partial charge is 0.389 e. The number of hydrogen-bond donors (Lipinski definition) is 1. The third-order valence-corrected chi connectivity index (χ3v) is 3.15. The van der Waals surface area contributed by atoms with Gasteiger partial charge in [0.25, 0.3) is 0 Å². The van der Waals surface area contributed by atoms with E-state index >= 15 is 0 Å². The maximum absolute atomic E-state index is 9.59. The van der Waals surface area contributed by atoms with Gasteiger partial charge in [0.2, 0.25) is 0 Å². The van der Waals surface area contributed by atoms with Crippen LogP contribution in [0.1, 0.15) is 32.4 Å². The first-order valence-corrected chi connectivity index (χ1v) is 6.10. The summed E-state index contributed by atoms with van der Waals surface area (Å²) >= 11 is 0. The van der Waals surface area contributed by atoms with Gasteiger partial charge in [-0.2, -0.15) is 0 Å². The Balaban J connectivity index is 2.23. The van der Waals surface area contributed by atoms with Crippen LogP contribution in [-0.2, 0) is 4.74 Å². The highest BCUT2D eigenvalue weighted by molar-refractivity contribution is 5.43. The fourth-order valence-electron chi connectivity index (χ4n) is 2.07. The number of aromatic nitrogens is 1. The lowest BCUT2D eigenvalue weighted by atomic mass is 10.1. The molecule has 0 bridgehead atoms. The number of rotatable bonds is 2. The van der Waals surface area contributed by atoms with E-state index in [9.17, 15) is 5.11 Å². The van der Waals surface area contributed by atoms with E-state index in [-0.39, 0.29) is 6.10 Å². The second kappa shape index (κ2) is 5.02. The van der Waals surface area contributed by atoms with Crippen LogP contribution in [0.25, 0.3) is 0 Å². The average Bonchev–Trinajstić information content (AvgIpc) is 2.32. The van der Waals surface area contributed by atoms with Crippen molar-refractivity contribution in [2.24, 2.45) is 0 Å². The molecule has 17 heavy (non-hydrogen) atoms. The molecule has 1 aromatic heterocycles. The molecular weight excluding hydrogens is 216 g/mol. The number of pyridine rings is 1. The first kappa shape index (κ1) is 12.3. The molecule has 0 saturated carbocycles. The maximum Gasteiger partial charge on any atom is 0.129 e. The van der Waals surface area contributed by atoms with E-state index in [0.717, 1.165) is 24.5 Å². The monoisotopic (exact) mass is 236 g/mol. The standard InChI is InChI=1S/C13H20N2O2/c1-9-8-17-10(2)7-15(9)13-6-12(11(3)16)4-5-14-13/h4-6,9-11,16H,7-8H2,1-3H3/t9?,10?,11-/m0/s1. The number of ether oxygens (including phenoxy) is 1. The molecule has 0 amide bonds. The minimum Gasteiger partial charge on any atom is -0.389 e. The van der Waals surface area contributed by atoms with Gasteiger partial charge < -0.3 is 14.7 Å². The molecule has 3 atom stereocenters. The van der Waals surface area contributed by atoms with Crippen LogP contribution in [0.3, 0.4) is 0 Å². The Hall–Kier alpha value is -1.13. The van der Waals surface area contributed by atoms with Crippen molar-refractivity contribution in [1.29, 1.82) is 0 Å². The SMILES string of the molecule is CC1CN(c2cc([C@H](C)O)ccn2)C(C)CO1. The van der Waals surface area contributed by atoms with E-state index in [0.29, 0.717) is 6.04 Å². The molecule has 1 aliphatic rings. The summed E-state index contributed by atoms with van der Waals surface area (Å²) in [6, 6.07) is 4.13. The summed E-state index contributed by atoms with van der Waals surface area (Å²) in [5.41, 5.74) is 0.904. The van der Waals surface area contributed by atoms with Gasteiger partial charge >= 0.3 is 0 Å². The molecule has 2 heterocycles. The quantitative estimate of drug-likeness (QED) is 0.849. The third-order valence-electron chi connectivity index (χ3n) is 3.15. The number of morpholine rings is 1. The number of anilines is 1. The predicted octanol–water partition coefficient (Wildman–Crippen LogP) is 1.75. The highest BCUT2D eigenvalue weighted by Crippen LogP contribution is 2.22. The van der Waals surface area contributed by atoms with Gasteiger partial charge in [-0.25, -0.2) is 4.98 Å². The van der Waals surface area contributed by atoms with Crippen molar-refractivity contribution >= 4 is 5.82 Å². The second-order valence-electron chi connectivity index (χ2n) is 4.77. The van der Waals surface area contributed by atoms with Gasteiger partial charge in [-0.3, -0.25) is 0 Å². The summed E-state index contributed by atoms with van der Waals surface area (Å²) in [6.45, 7) is 7.53. The van der Waals surface area contributed by atoms with E-state index in [1.54, 1.807) is 13.1 Å². The van der Waals surface area contributed by atoms with Gasteiger partial charge in [0.15, 0.2) is 0 Å². The van der Waals surface area contributed by atoms with Crippen molar-refractivity contribution in [3.63, 3.8) is 0 Å². The van der Waals surface area contributed by atoms with E-state index in [2.05, 4.69) is 23.7 Å². The Morgan fingerprint density at radius 1 is 1.53 bits per heavy atom.